The lowest BCUT2D eigenvalue weighted by Gasteiger charge is -2.21. The van der Waals surface area contributed by atoms with Crippen LogP contribution in [0.15, 0.2) is 18.3 Å². The van der Waals surface area contributed by atoms with Crippen molar-refractivity contribution in [2.24, 2.45) is 0 Å². The summed E-state index contributed by atoms with van der Waals surface area (Å²) in [4.78, 5) is 17.5. The van der Waals surface area contributed by atoms with Crippen molar-refractivity contribution in [2.45, 2.75) is 71.3 Å². The van der Waals surface area contributed by atoms with Crippen molar-refractivity contribution in [1.29, 1.82) is 0 Å². The smallest absolute Gasteiger partial charge is 0.270 e. The van der Waals surface area contributed by atoms with Crippen molar-refractivity contribution in [3.05, 3.63) is 35.3 Å². The summed E-state index contributed by atoms with van der Waals surface area (Å²) in [5.74, 6) is 0.0329. The molecule has 0 bridgehead atoms. The van der Waals surface area contributed by atoms with Crippen molar-refractivity contribution in [1.82, 2.24) is 14.7 Å². The maximum Gasteiger partial charge on any atom is 0.270 e. The second-order valence-electron chi connectivity index (χ2n) is 6.71. The molecule has 0 aromatic carbocycles. The predicted molar refractivity (Wildman–Crippen MR) is 92.9 cm³/mol. The van der Waals surface area contributed by atoms with Gasteiger partial charge in [0.15, 0.2) is 0 Å². The fraction of sp³-hybridized carbons (Fsp3) is 0.579. The lowest BCUT2D eigenvalue weighted by molar-refractivity contribution is 0.0923. The maximum absolute atomic E-state index is 12.9. The highest BCUT2D eigenvalue weighted by atomic mass is 16.2. The summed E-state index contributed by atoms with van der Waals surface area (Å²) < 4.78 is 1.95. The molecule has 1 aliphatic carbocycles. The Balaban J connectivity index is 1.85. The Hall–Kier alpha value is -1.84. The van der Waals surface area contributed by atoms with E-state index in [2.05, 4.69) is 17.2 Å². The first-order valence-corrected chi connectivity index (χ1v) is 8.97. The zero-order chi connectivity index (χ0) is 16.2. The molecule has 1 amide bonds. The third-order valence-corrected chi connectivity index (χ3v) is 4.83. The van der Waals surface area contributed by atoms with Crippen LogP contribution < -0.4 is 5.32 Å². The fourth-order valence-corrected chi connectivity index (χ4v) is 3.54. The number of carbonyl (C=O) groups is 1. The average Bonchev–Trinajstić information content (AvgIpc) is 2.87. The Morgan fingerprint density at radius 1 is 1.22 bits per heavy atom. The Morgan fingerprint density at radius 3 is 2.61 bits per heavy atom. The summed E-state index contributed by atoms with van der Waals surface area (Å²) >= 11 is 0. The van der Waals surface area contributed by atoms with E-state index in [9.17, 15) is 4.79 Å². The lowest BCUT2D eigenvalue weighted by atomic mass is 9.96. The molecule has 2 heterocycles. The fourth-order valence-electron chi connectivity index (χ4n) is 3.54. The molecule has 1 fully saturated rings. The van der Waals surface area contributed by atoms with Gasteiger partial charge in [0.25, 0.3) is 5.91 Å². The van der Waals surface area contributed by atoms with Crippen LogP contribution >= 0.6 is 0 Å². The number of nitrogens with zero attached hydrogens (tertiary/aromatic N) is 2. The summed E-state index contributed by atoms with van der Waals surface area (Å²) in [5.41, 5.74) is 3.60. The normalized spacial score (nSPS) is 17.0. The SMILES string of the molecule is CCc1nc2ccc(C)cn2c1C(=O)NC1CCCCCCC1. The van der Waals surface area contributed by atoms with E-state index < -0.39 is 0 Å². The summed E-state index contributed by atoms with van der Waals surface area (Å²) in [6.07, 6.45) is 11.3. The van der Waals surface area contributed by atoms with Gasteiger partial charge in [-0.25, -0.2) is 4.98 Å². The summed E-state index contributed by atoms with van der Waals surface area (Å²) in [5, 5.41) is 3.28. The summed E-state index contributed by atoms with van der Waals surface area (Å²) in [6.45, 7) is 4.10. The number of aryl methyl sites for hydroxylation is 2. The maximum atomic E-state index is 12.9. The predicted octanol–water partition coefficient (Wildman–Crippen LogP) is 4.05. The van der Waals surface area contributed by atoms with E-state index in [0.29, 0.717) is 11.7 Å². The van der Waals surface area contributed by atoms with Crippen LogP contribution in [-0.2, 0) is 6.42 Å². The van der Waals surface area contributed by atoms with Crippen LogP contribution in [0, 0.1) is 6.92 Å². The van der Waals surface area contributed by atoms with E-state index >= 15 is 0 Å². The Bertz CT molecular complexity index is 681. The molecular weight excluding hydrogens is 286 g/mol. The number of amides is 1. The molecule has 0 aliphatic heterocycles. The second-order valence-corrected chi connectivity index (χ2v) is 6.71. The number of pyridine rings is 1. The quantitative estimate of drug-likeness (QED) is 0.929. The molecule has 0 unspecified atom stereocenters. The molecule has 0 atom stereocenters. The Morgan fingerprint density at radius 2 is 1.91 bits per heavy atom. The molecule has 2 aromatic rings. The van der Waals surface area contributed by atoms with Gasteiger partial charge >= 0.3 is 0 Å². The van der Waals surface area contributed by atoms with Gasteiger partial charge in [-0.05, 0) is 37.8 Å². The molecule has 2 aromatic heterocycles. The number of hydrogen-bond donors (Lipinski definition) is 1. The third kappa shape index (κ3) is 3.57. The third-order valence-electron chi connectivity index (χ3n) is 4.83. The van der Waals surface area contributed by atoms with Crippen LogP contribution in [0.25, 0.3) is 5.65 Å². The largest absolute Gasteiger partial charge is 0.348 e. The van der Waals surface area contributed by atoms with Crippen molar-refractivity contribution < 1.29 is 4.79 Å². The molecule has 0 spiro atoms. The summed E-state index contributed by atoms with van der Waals surface area (Å²) in [7, 11) is 0. The van der Waals surface area contributed by atoms with Gasteiger partial charge in [0.05, 0.1) is 5.69 Å². The highest BCUT2D eigenvalue weighted by molar-refractivity contribution is 5.95. The molecule has 1 aliphatic rings. The topological polar surface area (TPSA) is 46.4 Å². The monoisotopic (exact) mass is 313 g/mol. The van der Waals surface area contributed by atoms with Crippen molar-refractivity contribution in [2.75, 3.05) is 0 Å². The van der Waals surface area contributed by atoms with E-state index in [1.807, 2.05) is 29.7 Å². The molecule has 23 heavy (non-hydrogen) atoms. The van der Waals surface area contributed by atoms with Gasteiger partial charge in [0.1, 0.15) is 11.3 Å². The first-order chi connectivity index (χ1) is 11.2. The molecule has 1 N–H and O–H groups in total. The van der Waals surface area contributed by atoms with Crippen molar-refractivity contribution >= 4 is 11.6 Å². The molecule has 3 rings (SSSR count). The van der Waals surface area contributed by atoms with Gasteiger partial charge in [-0.2, -0.15) is 0 Å². The molecule has 0 radical (unpaired) electrons. The zero-order valence-electron chi connectivity index (χ0n) is 14.3. The standard InChI is InChI=1S/C19H27N3O/c1-3-16-18(22-13-14(2)11-12-17(22)21-16)19(23)20-15-9-7-5-4-6-8-10-15/h11-13,15H,3-10H2,1-2H3,(H,20,23). The van der Waals surface area contributed by atoms with Gasteiger partial charge < -0.3 is 5.32 Å². The number of aromatic nitrogens is 2. The van der Waals surface area contributed by atoms with Crippen LogP contribution in [-0.4, -0.2) is 21.3 Å². The molecular formula is C19H27N3O. The summed E-state index contributed by atoms with van der Waals surface area (Å²) in [6, 6.07) is 4.34. The Kier molecular flexibility index (Phi) is 4.99. The van der Waals surface area contributed by atoms with Crippen LogP contribution in [0.2, 0.25) is 0 Å². The Labute approximate surface area is 138 Å². The minimum atomic E-state index is 0.0329. The molecule has 0 saturated heterocycles. The lowest BCUT2D eigenvalue weighted by Crippen LogP contribution is -2.36. The highest BCUT2D eigenvalue weighted by Gasteiger charge is 2.21. The van der Waals surface area contributed by atoms with E-state index in [1.165, 1.54) is 32.1 Å². The minimum absolute atomic E-state index is 0.0329. The number of hydrogen-bond acceptors (Lipinski definition) is 2. The number of nitrogens with one attached hydrogen (secondary N) is 1. The van der Waals surface area contributed by atoms with E-state index in [-0.39, 0.29) is 5.91 Å². The van der Waals surface area contributed by atoms with Gasteiger partial charge in [-0.1, -0.05) is 45.1 Å². The van der Waals surface area contributed by atoms with E-state index in [0.717, 1.165) is 36.2 Å². The highest BCUT2D eigenvalue weighted by Crippen LogP contribution is 2.19. The molecule has 4 heteroatoms. The second kappa shape index (κ2) is 7.16. The van der Waals surface area contributed by atoms with Gasteiger partial charge in [0.2, 0.25) is 0 Å². The van der Waals surface area contributed by atoms with Crippen molar-refractivity contribution in [3.8, 4) is 0 Å². The molecule has 124 valence electrons. The van der Waals surface area contributed by atoms with Crippen LogP contribution in [0.4, 0.5) is 0 Å². The molecule has 4 nitrogen and oxygen atoms in total. The number of rotatable bonds is 3. The number of carbonyl (C=O) groups excluding carboxylic acids is 1. The van der Waals surface area contributed by atoms with Gasteiger partial charge in [0, 0.05) is 12.2 Å². The van der Waals surface area contributed by atoms with Gasteiger partial charge in [-0.15, -0.1) is 0 Å². The zero-order valence-corrected chi connectivity index (χ0v) is 14.3. The first-order valence-electron chi connectivity index (χ1n) is 8.97. The minimum Gasteiger partial charge on any atom is -0.348 e. The average molecular weight is 313 g/mol. The number of fused-ring (bicyclic) bond motifs is 1. The van der Waals surface area contributed by atoms with Crippen LogP contribution in [0.1, 0.15) is 73.6 Å². The van der Waals surface area contributed by atoms with Gasteiger partial charge in [-0.3, -0.25) is 9.20 Å². The first kappa shape index (κ1) is 16.0. The molecule has 1 saturated carbocycles. The van der Waals surface area contributed by atoms with E-state index in [4.69, 9.17) is 0 Å². The van der Waals surface area contributed by atoms with Crippen molar-refractivity contribution in [3.63, 3.8) is 0 Å². The number of imidazole rings is 1. The van der Waals surface area contributed by atoms with E-state index in [1.54, 1.807) is 0 Å². The van der Waals surface area contributed by atoms with Crippen LogP contribution in [0.3, 0.4) is 0 Å². The van der Waals surface area contributed by atoms with Crippen LogP contribution in [0.5, 0.6) is 0 Å².